The van der Waals surface area contributed by atoms with Crippen LogP contribution in [0.2, 0.25) is 5.02 Å². The SMILES string of the molecule is O=C(Nc1ccc2oc(=O)ccc2c1)[C@@H]1CC(=O)N(Cc2ccc(Cl)cc2)C1. The second kappa shape index (κ2) is 7.48. The number of fused-ring (bicyclic) bond motifs is 1. The van der Waals surface area contributed by atoms with Crippen LogP contribution in [0.4, 0.5) is 5.69 Å². The number of benzene rings is 2. The van der Waals surface area contributed by atoms with Gasteiger partial charge in [0.15, 0.2) is 0 Å². The maximum absolute atomic E-state index is 12.6. The van der Waals surface area contributed by atoms with Crippen molar-refractivity contribution in [1.29, 1.82) is 0 Å². The highest BCUT2D eigenvalue weighted by atomic mass is 35.5. The number of nitrogens with zero attached hydrogens (tertiary/aromatic N) is 1. The Morgan fingerprint density at radius 2 is 1.89 bits per heavy atom. The Bertz CT molecular complexity index is 1110. The van der Waals surface area contributed by atoms with Gasteiger partial charge in [-0.2, -0.15) is 0 Å². The molecule has 0 bridgehead atoms. The Morgan fingerprint density at radius 3 is 2.68 bits per heavy atom. The van der Waals surface area contributed by atoms with Gasteiger partial charge in [-0.3, -0.25) is 9.59 Å². The van der Waals surface area contributed by atoms with Gasteiger partial charge < -0.3 is 14.6 Å². The Kier molecular flexibility index (Phi) is 4.88. The number of nitrogens with one attached hydrogen (secondary N) is 1. The Morgan fingerprint density at radius 1 is 1.11 bits per heavy atom. The van der Waals surface area contributed by atoms with E-state index in [-0.39, 0.29) is 18.2 Å². The van der Waals surface area contributed by atoms with E-state index in [9.17, 15) is 14.4 Å². The molecule has 3 aromatic rings. The molecule has 28 heavy (non-hydrogen) atoms. The van der Waals surface area contributed by atoms with E-state index in [1.54, 1.807) is 41.3 Å². The van der Waals surface area contributed by atoms with E-state index in [1.807, 2.05) is 12.1 Å². The number of amides is 2. The fourth-order valence-electron chi connectivity index (χ4n) is 3.30. The quantitative estimate of drug-likeness (QED) is 0.685. The summed E-state index contributed by atoms with van der Waals surface area (Å²) in [6.45, 7) is 0.824. The predicted molar refractivity (Wildman–Crippen MR) is 106 cm³/mol. The van der Waals surface area contributed by atoms with Gasteiger partial charge in [0.2, 0.25) is 11.8 Å². The van der Waals surface area contributed by atoms with Crippen LogP contribution in [-0.2, 0) is 16.1 Å². The van der Waals surface area contributed by atoms with Gasteiger partial charge in [-0.15, -0.1) is 0 Å². The van der Waals surface area contributed by atoms with Crippen LogP contribution in [0.15, 0.2) is 63.8 Å². The molecule has 6 nitrogen and oxygen atoms in total. The Hall–Kier alpha value is -3.12. The third-order valence-corrected chi connectivity index (χ3v) is 5.01. The van der Waals surface area contributed by atoms with Crippen molar-refractivity contribution in [3.63, 3.8) is 0 Å². The zero-order chi connectivity index (χ0) is 19.7. The van der Waals surface area contributed by atoms with Gasteiger partial charge in [0.25, 0.3) is 0 Å². The van der Waals surface area contributed by atoms with Crippen LogP contribution in [0.3, 0.4) is 0 Å². The summed E-state index contributed by atoms with van der Waals surface area (Å²) in [5.74, 6) is -0.664. The number of carbonyl (C=O) groups is 2. The van der Waals surface area contributed by atoms with Crippen molar-refractivity contribution in [2.45, 2.75) is 13.0 Å². The van der Waals surface area contributed by atoms with E-state index in [1.165, 1.54) is 6.07 Å². The maximum Gasteiger partial charge on any atom is 0.336 e. The molecule has 0 unspecified atom stereocenters. The molecule has 1 aromatic heterocycles. The highest BCUT2D eigenvalue weighted by Gasteiger charge is 2.34. The highest BCUT2D eigenvalue weighted by Crippen LogP contribution is 2.24. The molecular weight excluding hydrogens is 380 g/mol. The molecule has 1 atom stereocenters. The summed E-state index contributed by atoms with van der Waals surface area (Å²) in [5, 5.41) is 4.20. The van der Waals surface area contributed by atoms with Crippen molar-refractivity contribution in [2.24, 2.45) is 5.92 Å². The lowest BCUT2D eigenvalue weighted by atomic mass is 10.1. The van der Waals surface area contributed by atoms with Crippen molar-refractivity contribution in [2.75, 3.05) is 11.9 Å². The number of anilines is 1. The van der Waals surface area contributed by atoms with Crippen LogP contribution >= 0.6 is 11.6 Å². The second-order valence-corrected chi connectivity index (χ2v) is 7.23. The Balaban J connectivity index is 1.42. The summed E-state index contributed by atoms with van der Waals surface area (Å²) in [7, 11) is 0. The first-order valence-electron chi connectivity index (χ1n) is 8.85. The van der Waals surface area contributed by atoms with E-state index in [0.717, 1.165) is 5.56 Å². The van der Waals surface area contributed by atoms with E-state index >= 15 is 0 Å². The average Bonchev–Trinajstić information content (AvgIpc) is 3.04. The zero-order valence-electron chi connectivity index (χ0n) is 14.9. The fourth-order valence-corrected chi connectivity index (χ4v) is 3.43. The minimum Gasteiger partial charge on any atom is -0.423 e. The van der Waals surface area contributed by atoms with Gasteiger partial charge in [-0.25, -0.2) is 4.79 Å². The van der Waals surface area contributed by atoms with Crippen LogP contribution in [0, 0.1) is 5.92 Å². The molecule has 1 fully saturated rings. The maximum atomic E-state index is 12.6. The molecule has 0 spiro atoms. The van der Waals surface area contributed by atoms with Gasteiger partial charge >= 0.3 is 5.63 Å². The van der Waals surface area contributed by atoms with Crippen molar-refractivity contribution in [3.05, 3.63) is 75.6 Å². The molecule has 1 aliphatic heterocycles. The summed E-state index contributed by atoms with van der Waals surface area (Å²) in [5.41, 5.74) is 1.59. The van der Waals surface area contributed by atoms with Gasteiger partial charge in [-0.1, -0.05) is 23.7 Å². The van der Waals surface area contributed by atoms with Crippen LogP contribution in [0.25, 0.3) is 11.0 Å². The van der Waals surface area contributed by atoms with Crippen LogP contribution in [0.1, 0.15) is 12.0 Å². The molecule has 0 saturated carbocycles. The molecule has 2 amide bonds. The summed E-state index contributed by atoms with van der Waals surface area (Å²) >= 11 is 5.89. The van der Waals surface area contributed by atoms with E-state index in [4.69, 9.17) is 16.0 Å². The normalized spacial score (nSPS) is 16.5. The number of hydrogen-bond donors (Lipinski definition) is 1. The smallest absolute Gasteiger partial charge is 0.336 e. The molecule has 1 N–H and O–H groups in total. The van der Waals surface area contributed by atoms with Crippen LogP contribution < -0.4 is 10.9 Å². The van der Waals surface area contributed by atoms with Gasteiger partial charge in [-0.05, 0) is 42.0 Å². The predicted octanol–water partition coefficient (Wildman–Crippen LogP) is 3.43. The topological polar surface area (TPSA) is 79.6 Å². The van der Waals surface area contributed by atoms with Crippen molar-refractivity contribution < 1.29 is 14.0 Å². The molecule has 7 heteroatoms. The summed E-state index contributed by atoms with van der Waals surface area (Å²) < 4.78 is 5.09. The molecule has 2 heterocycles. The molecule has 142 valence electrons. The second-order valence-electron chi connectivity index (χ2n) is 6.80. The molecule has 0 radical (unpaired) electrons. The molecular formula is C21H17ClN2O4. The molecule has 4 rings (SSSR count). The monoisotopic (exact) mass is 396 g/mol. The minimum atomic E-state index is -0.422. The molecule has 2 aromatic carbocycles. The van der Waals surface area contributed by atoms with E-state index in [2.05, 4.69) is 5.32 Å². The van der Waals surface area contributed by atoms with Crippen molar-refractivity contribution >= 4 is 40.1 Å². The van der Waals surface area contributed by atoms with Crippen LogP contribution in [-0.4, -0.2) is 23.3 Å². The first-order chi connectivity index (χ1) is 13.5. The number of rotatable bonds is 4. The molecule has 1 saturated heterocycles. The van der Waals surface area contributed by atoms with Crippen molar-refractivity contribution in [3.8, 4) is 0 Å². The fraction of sp³-hybridized carbons (Fsp3) is 0.190. The number of hydrogen-bond acceptors (Lipinski definition) is 4. The minimum absolute atomic E-state index is 0.0459. The summed E-state index contributed by atoms with van der Waals surface area (Å²) in [6, 6.07) is 15.3. The van der Waals surface area contributed by atoms with Gasteiger partial charge in [0.05, 0.1) is 5.92 Å². The average molecular weight is 397 g/mol. The standard InChI is InChI=1S/C21H17ClN2O4/c22-16-4-1-13(2-5-16)11-24-12-15(10-19(24)25)21(27)23-17-6-7-18-14(9-17)3-8-20(26)28-18/h1-9,15H,10-12H2,(H,23,27)/t15-/m1/s1. The Labute approximate surface area is 165 Å². The zero-order valence-corrected chi connectivity index (χ0v) is 15.6. The summed E-state index contributed by atoms with van der Waals surface area (Å²) in [4.78, 5) is 37.8. The number of halogens is 1. The first kappa shape index (κ1) is 18.3. The molecule has 1 aliphatic rings. The lowest BCUT2D eigenvalue weighted by Crippen LogP contribution is -2.28. The third kappa shape index (κ3) is 3.92. The lowest BCUT2D eigenvalue weighted by Gasteiger charge is -2.17. The largest absolute Gasteiger partial charge is 0.423 e. The van der Waals surface area contributed by atoms with E-state index < -0.39 is 11.5 Å². The van der Waals surface area contributed by atoms with Gasteiger partial charge in [0, 0.05) is 41.7 Å². The summed E-state index contributed by atoms with van der Waals surface area (Å²) in [6.07, 6.45) is 0.182. The molecule has 0 aliphatic carbocycles. The van der Waals surface area contributed by atoms with Crippen molar-refractivity contribution in [1.82, 2.24) is 4.90 Å². The van der Waals surface area contributed by atoms with Gasteiger partial charge in [0.1, 0.15) is 5.58 Å². The third-order valence-electron chi connectivity index (χ3n) is 4.76. The van der Waals surface area contributed by atoms with E-state index in [0.29, 0.717) is 34.8 Å². The highest BCUT2D eigenvalue weighted by molar-refractivity contribution is 6.30. The van der Waals surface area contributed by atoms with Crippen LogP contribution in [0.5, 0.6) is 0 Å². The number of likely N-dealkylation sites (tertiary alicyclic amines) is 1. The first-order valence-corrected chi connectivity index (χ1v) is 9.23. The lowest BCUT2D eigenvalue weighted by molar-refractivity contribution is -0.128. The number of carbonyl (C=O) groups excluding carboxylic acids is 2.